The second-order valence-electron chi connectivity index (χ2n) is 4.29. The van der Waals surface area contributed by atoms with Crippen molar-refractivity contribution in [2.75, 3.05) is 0 Å². The van der Waals surface area contributed by atoms with Gasteiger partial charge in [0.15, 0.2) is 13.7 Å². The molecule has 82 valence electrons. The summed E-state index contributed by atoms with van der Waals surface area (Å²) in [4.78, 5) is 0. The summed E-state index contributed by atoms with van der Waals surface area (Å²) in [6, 6.07) is 0. The van der Waals surface area contributed by atoms with Crippen molar-refractivity contribution in [1.29, 1.82) is 10.8 Å². The van der Waals surface area contributed by atoms with Crippen LogP contribution in [0.25, 0.3) is 0 Å². The summed E-state index contributed by atoms with van der Waals surface area (Å²) >= 11 is 0. The molecule has 2 aliphatic rings. The third-order valence-electron chi connectivity index (χ3n) is 3.36. The van der Waals surface area contributed by atoms with Gasteiger partial charge in [0.25, 0.3) is 0 Å². The molecule has 2 N–H and O–H groups in total. The highest BCUT2D eigenvalue weighted by molar-refractivity contribution is 6.56. The van der Waals surface area contributed by atoms with Gasteiger partial charge in [0.05, 0.1) is 0 Å². The lowest BCUT2D eigenvalue weighted by atomic mass is 9.52. The van der Waals surface area contributed by atoms with Crippen molar-refractivity contribution in [3.05, 3.63) is 0 Å². The van der Waals surface area contributed by atoms with Crippen LogP contribution < -0.4 is 0 Å². The van der Waals surface area contributed by atoms with Crippen LogP contribution in [0.5, 0.6) is 0 Å². The van der Waals surface area contributed by atoms with E-state index in [1.54, 1.807) is 0 Å². The monoisotopic (exact) mass is 206 g/mol. The quantitative estimate of drug-likeness (QED) is 0.386. The first-order valence-electron chi connectivity index (χ1n) is 5.72. The largest absolute Gasteiger partial charge is 0.441 e. The van der Waals surface area contributed by atoms with E-state index in [9.17, 15) is 0 Å². The fourth-order valence-electron chi connectivity index (χ4n) is 2.46. The van der Waals surface area contributed by atoms with Crippen LogP contribution in [0.4, 0.5) is 0 Å². The molecule has 2 fully saturated rings. The van der Waals surface area contributed by atoms with E-state index in [4.69, 9.17) is 23.4 Å². The van der Waals surface area contributed by atoms with E-state index in [1.807, 2.05) is 13.8 Å². The maximum atomic E-state index is 7.51. The van der Waals surface area contributed by atoms with Crippen LogP contribution in [0.1, 0.15) is 46.0 Å². The molecule has 0 aliphatic heterocycles. The normalized spacial score (nSPS) is 21.7. The fourth-order valence-corrected chi connectivity index (χ4v) is 2.46. The van der Waals surface area contributed by atoms with E-state index >= 15 is 0 Å². The lowest BCUT2D eigenvalue weighted by Gasteiger charge is -2.53. The van der Waals surface area contributed by atoms with Crippen molar-refractivity contribution in [3.63, 3.8) is 0 Å². The minimum atomic E-state index is -0.362. The maximum absolute atomic E-state index is 7.51. The molecule has 0 aromatic heterocycles. The highest BCUT2D eigenvalue weighted by atomic mass is 16.5. The number of nitrogens with one attached hydrogen (secondary N) is 2. The highest BCUT2D eigenvalue weighted by Gasteiger charge is 2.50. The SMILES string of the molecule is CC.[B]C(=N)OC(=N)C1CC2(CCC2)C1. The predicted octanol–water partition coefficient (Wildman–Crippen LogP) is 2.69. The molecular weight excluding hydrogens is 187 g/mol. The Kier molecular flexibility index (Phi) is 3.94. The van der Waals surface area contributed by atoms with Gasteiger partial charge in [-0.3, -0.25) is 10.8 Å². The van der Waals surface area contributed by atoms with Crippen molar-refractivity contribution in [1.82, 2.24) is 0 Å². The molecule has 0 atom stereocenters. The van der Waals surface area contributed by atoms with Crippen molar-refractivity contribution in [3.8, 4) is 0 Å². The number of hydrogen-bond donors (Lipinski definition) is 2. The van der Waals surface area contributed by atoms with E-state index in [0.717, 1.165) is 12.8 Å². The van der Waals surface area contributed by atoms with Crippen LogP contribution >= 0.6 is 0 Å². The van der Waals surface area contributed by atoms with Crippen LogP contribution in [0.15, 0.2) is 0 Å². The summed E-state index contributed by atoms with van der Waals surface area (Å²) in [6.45, 7) is 4.00. The van der Waals surface area contributed by atoms with Gasteiger partial charge in [0.1, 0.15) is 5.80 Å². The zero-order chi connectivity index (χ0) is 11.5. The highest BCUT2D eigenvalue weighted by Crippen LogP contribution is 2.58. The molecule has 2 saturated carbocycles. The average molecular weight is 206 g/mol. The lowest BCUT2D eigenvalue weighted by molar-refractivity contribution is -0.00215. The summed E-state index contributed by atoms with van der Waals surface area (Å²) in [5, 5.41) is 14.4. The second-order valence-corrected chi connectivity index (χ2v) is 4.29. The first-order chi connectivity index (χ1) is 7.11. The third-order valence-corrected chi connectivity index (χ3v) is 3.36. The van der Waals surface area contributed by atoms with E-state index in [-0.39, 0.29) is 17.6 Å². The Morgan fingerprint density at radius 3 is 2.13 bits per heavy atom. The Bertz CT molecular complexity index is 253. The molecule has 0 saturated heterocycles. The first kappa shape index (κ1) is 12.3. The van der Waals surface area contributed by atoms with Crippen LogP contribution in [0.2, 0.25) is 0 Å². The second kappa shape index (κ2) is 4.82. The molecular formula is C11H19BN2O. The van der Waals surface area contributed by atoms with E-state index in [1.165, 1.54) is 19.3 Å². The summed E-state index contributed by atoms with van der Waals surface area (Å²) in [7, 11) is 5.04. The van der Waals surface area contributed by atoms with Gasteiger partial charge in [0, 0.05) is 5.92 Å². The molecule has 0 heterocycles. The fraction of sp³-hybridized carbons (Fsp3) is 0.818. The molecule has 2 radical (unpaired) electrons. The molecule has 4 heteroatoms. The summed E-state index contributed by atoms with van der Waals surface area (Å²) in [5.41, 5.74) is 0.553. The Labute approximate surface area is 93.0 Å². The summed E-state index contributed by atoms with van der Waals surface area (Å²) < 4.78 is 4.76. The van der Waals surface area contributed by atoms with Gasteiger partial charge in [-0.05, 0) is 31.1 Å². The minimum absolute atomic E-state index is 0.185. The Morgan fingerprint density at radius 2 is 1.80 bits per heavy atom. The van der Waals surface area contributed by atoms with Crippen LogP contribution in [0.3, 0.4) is 0 Å². The molecule has 3 nitrogen and oxygen atoms in total. The standard InChI is InChI=1S/C9H13BN2O.C2H6/c10-8(12)13-7(11)6-4-9(5-6)2-1-3-9;1-2/h6,11-12H,1-5H2;1-2H3. The molecule has 15 heavy (non-hydrogen) atoms. The molecule has 0 unspecified atom stereocenters. The van der Waals surface area contributed by atoms with Crippen molar-refractivity contribution in [2.24, 2.45) is 11.3 Å². The smallest absolute Gasteiger partial charge is 0.196 e. The van der Waals surface area contributed by atoms with Crippen molar-refractivity contribution in [2.45, 2.75) is 46.0 Å². The number of rotatable bonds is 1. The zero-order valence-electron chi connectivity index (χ0n) is 9.60. The topological polar surface area (TPSA) is 56.9 Å². The zero-order valence-corrected chi connectivity index (χ0v) is 9.60. The molecule has 0 amide bonds. The Hall–Kier alpha value is -0.795. The van der Waals surface area contributed by atoms with Crippen LogP contribution in [-0.2, 0) is 4.74 Å². The van der Waals surface area contributed by atoms with Crippen LogP contribution in [0, 0.1) is 22.2 Å². The van der Waals surface area contributed by atoms with Gasteiger partial charge in [-0.1, -0.05) is 20.3 Å². The van der Waals surface area contributed by atoms with Gasteiger partial charge < -0.3 is 4.74 Å². The van der Waals surface area contributed by atoms with Gasteiger partial charge in [-0.25, -0.2) is 0 Å². The number of ether oxygens (including phenoxy) is 1. The van der Waals surface area contributed by atoms with Crippen LogP contribution in [-0.4, -0.2) is 19.5 Å². The molecule has 0 aromatic carbocycles. The van der Waals surface area contributed by atoms with Gasteiger partial charge in [-0.2, -0.15) is 0 Å². The molecule has 0 aromatic rings. The van der Waals surface area contributed by atoms with Gasteiger partial charge in [-0.15, -0.1) is 0 Å². The third kappa shape index (κ3) is 2.61. The Balaban J connectivity index is 0.000000531. The molecule has 2 rings (SSSR count). The molecule has 2 aliphatic carbocycles. The van der Waals surface area contributed by atoms with E-state index in [0.29, 0.717) is 5.41 Å². The Morgan fingerprint density at radius 1 is 1.27 bits per heavy atom. The van der Waals surface area contributed by atoms with E-state index in [2.05, 4.69) is 0 Å². The summed E-state index contributed by atoms with van der Waals surface area (Å²) in [6.07, 6.45) is 6.11. The lowest BCUT2D eigenvalue weighted by Crippen LogP contribution is -2.46. The molecule has 0 bridgehead atoms. The minimum Gasteiger partial charge on any atom is -0.441 e. The van der Waals surface area contributed by atoms with Crippen molar-refractivity contribution >= 4 is 19.5 Å². The summed E-state index contributed by atoms with van der Waals surface area (Å²) in [5.74, 6) is 0.0498. The maximum Gasteiger partial charge on any atom is 0.196 e. The van der Waals surface area contributed by atoms with Crippen molar-refractivity contribution < 1.29 is 4.74 Å². The van der Waals surface area contributed by atoms with Gasteiger partial charge in [0.2, 0.25) is 0 Å². The predicted molar refractivity (Wildman–Crippen MR) is 62.6 cm³/mol. The van der Waals surface area contributed by atoms with E-state index < -0.39 is 0 Å². The number of hydrogen-bond acceptors (Lipinski definition) is 3. The molecule has 1 spiro atoms. The first-order valence-corrected chi connectivity index (χ1v) is 5.72. The van der Waals surface area contributed by atoms with Gasteiger partial charge >= 0.3 is 0 Å². The average Bonchev–Trinajstić information content (AvgIpc) is 2.01.